The molecule has 0 N–H and O–H groups in total. The van der Waals surface area contributed by atoms with E-state index in [1.807, 2.05) is 0 Å². The molecule has 1 aromatic heterocycles. The molecule has 10 heteroatoms. The Balaban J connectivity index is 2.56. The zero-order valence-electron chi connectivity index (χ0n) is 11.6. The Kier molecular flexibility index (Phi) is 6.04. The second kappa shape index (κ2) is 6.90. The summed E-state index contributed by atoms with van der Waals surface area (Å²) in [6.07, 6.45) is -8.23. The van der Waals surface area contributed by atoms with E-state index in [1.165, 1.54) is 11.3 Å². The first-order valence-electron chi connectivity index (χ1n) is 6.54. The summed E-state index contributed by atoms with van der Waals surface area (Å²) in [5, 5.41) is 3.58. The van der Waals surface area contributed by atoms with Crippen molar-refractivity contribution >= 4 is 11.3 Å². The first kappa shape index (κ1) is 20.1. The van der Waals surface area contributed by atoms with E-state index < -0.39 is 36.8 Å². The lowest BCUT2D eigenvalue weighted by atomic mass is 9.98. The standard InChI is InChI=1S/C13H13F9S/c14-10(15,11(16,17)12(18,19)13(20,21)22)6-3-1-2-4-9-5-7-23-8-9/h5,7-8H,1-4,6H2. The highest BCUT2D eigenvalue weighted by molar-refractivity contribution is 7.07. The maximum absolute atomic E-state index is 13.2. The molecule has 134 valence electrons. The molecule has 0 saturated carbocycles. The molecule has 0 aliphatic carbocycles. The van der Waals surface area contributed by atoms with Crippen LogP contribution in [-0.4, -0.2) is 23.9 Å². The molecule has 0 aliphatic rings. The van der Waals surface area contributed by atoms with Gasteiger partial charge in [-0.1, -0.05) is 6.42 Å². The first-order chi connectivity index (χ1) is 10.3. The Bertz CT molecular complexity index is 476. The van der Waals surface area contributed by atoms with Crippen LogP contribution in [0.4, 0.5) is 39.5 Å². The van der Waals surface area contributed by atoms with Crippen LogP contribution < -0.4 is 0 Å². The minimum Gasteiger partial charge on any atom is -0.200 e. The van der Waals surface area contributed by atoms with Gasteiger partial charge in [-0.2, -0.15) is 50.9 Å². The maximum Gasteiger partial charge on any atom is 0.460 e. The smallest absolute Gasteiger partial charge is 0.200 e. The van der Waals surface area contributed by atoms with Crippen molar-refractivity contribution in [2.24, 2.45) is 0 Å². The monoisotopic (exact) mass is 372 g/mol. The van der Waals surface area contributed by atoms with Crippen LogP contribution in [0.5, 0.6) is 0 Å². The zero-order valence-corrected chi connectivity index (χ0v) is 12.4. The van der Waals surface area contributed by atoms with E-state index in [1.54, 1.807) is 16.8 Å². The second-order valence-corrected chi connectivity index (χ2v) is 5.82. The number of alkyl halides is 9. The predicted octanol–water partition coefficient (Wildman–Crippen LogP) is 6.32. The SMILES string of the molecule is FC(F)(F)C(F)(F)C(F)(F)C(F)(F)CCCCCc1ccsc1. The lowest BCUT2D eigenvalue weighted by Crippen LogP contribution is -2.60. The van der Waals surface area contributed by atoms with Crippen LogP contribution in [0.3, 0.4) is 0 Å². The normalized spacial score (nSPS) is 14.3. The zero-order chi connectivity index (χ0) is 17.9. The van der Waals surface area contributed by atoms with Gasteiger partial charge in [-0.15, -0.1) is 0 Å². The Morgan fingerprint density at radius 3 is 1.87 bits per heavy atom. The first-order valence-corrected chi connectivity index (χ1v) is 7.48. The average Bonchev–Trinajstić information content (AvgIpc) is 2.89. The third kappa shape index (κ3) is 4.33. The van der Waals surface area contributed by atoms with Crippen molar-refractivity contribution in [3.63, 3.8) is 0 Å². The molecule has 0 saturated heterocycles. The molecule has 0 unspecified atom stereocenters. The summed E-state index contributed by atoms with van der Waals surface area (Å²) >= 11 is 1.41. The van der Waals surface area contributed by atoms with Crippen LogP contribution in [0.25, 0.3) is 0 Å². The van der Waals surface area contributed by atoms with Gasteiger partial charge in [0.05, 0.1) is 0 Å². The van der Waals surface area contributed by atoms with Crippen molar-refractivity contribution in [2.75, 3.05) is 0 Å². The molecule has 0 bridgehead atoms. The summed E-state index contributed by atoms with van der Waals surface area (Å²) in [5.41, 5.74) is 0.913. The quantitative estimate of drug-likeness (QED) is 0.370. The Hall–Kier alpha value is -0.930. The van der Waals surface area contributed by atoms with Crippen LogP contribution in [0.1, 0.15) is 31.2 Å². The van der Waals surface area contributed by atoms with Gasteiger partial charge in [0.1, 0.15) is 0 Å². The molecular formula is C13H13F9S. The largest absolute Gasteiger partial charge is 0.460 e. The Morgan fingerprint density at radius 1 is 0.783 bits per heavy atom. The van der Waals surface area contributed by atoms with E-state index in [-0.39, 0.29) is 6.42 Å². The molecule has 0 nitrogen and oxygen atoms in total. The maximum atomic E-state index is 13.2. The van der Waals surface area contributed by atoms with E-state index in [4.69, 9.17) is 0 Å². The van der Waals surface area contributed by atoms with E-state index in [9.17, 15) is 39.5 Å². The molecule has 0 spiro atoms. The van der Waals surface area contributed by atoms with Crippen molar-refractivity contribution in [3.8, 4) is 0 Å². The molecule has 1 heterocycles. The van der Waals surface area contributed by atoms with Gasteiger partial charge in [0.2, 0.25) is 0 Å². The summed E-state index contributed by atoms with van der Waals surface area (Å²) in [4.78, 5) is 0. The van der Waals surface area contributed by atoms with Crippen LogP contribution >= 0.6 is 11.3 Å². The highest BCUT2D eigenvalue weighted by Gasteiger charge is 2.81. The number of rotatable bonds is 8. The number of halogens is 9. The van der Waals surface area contributed by atoms with Gasteiger partial charge in [-0.3, -0.25) is 0 Å². The summed E-state index contributed by atoms with van der Waals surface area (Å²) in [6, 6.07) is 1.78. The van der Waals surface area contributed by atoms with Gasteiger partial charge < -0.3 is 0 Å². The molecule has 1 rings (SSSR count). The van der Waals surface area contributed by atoms with Gasteiger partial charge in [0.25, 0.3) is 0 Å². The molecule has 23 heavy (non-hydrogen) atoms. The topological polar surface area (TPSA) is 0 Å². The van der Waals surface area contributed by atoms with E-state index in [0.29, 0.717) is 12.8 Å². The number of hydrogen-bond donors (Lipinski definition) is 0. The van der Waals surface area contributed by atoms with Crippen LogP contribution in [-0.2, 0) is 6.42 Å². The second-order valence-electron chi connectivity index (χ2n) is 5.04. The lowest BCUT2D eigenvalue weighted by Gasteiger charge is -2.33. The fraction of sp³-hybridized carbons (Fsp3) is 0.692. The number of unbranched alkanes of at least 4 members (excludes halogenated alkanes) is 2. The Labute approximate surface area is 130 Å². The predicted molar refractivity (Wildman–Crippen MR) is 67.4 cm³/mol. The highest BCUT2D eigenvalue weighted by Crippen LogP contribution is 2.54. The van der Waals surface area contributed by atoms with E-state index >= 15 is 0 Å². The summed E-state index contributed by atoms with van der Waals surface area (Å²) in [5.74, 6) is -18.7. The number of aryl methyl sites for hydroxylation is 1. The van der Waals surface area contributed by atoms with Gasteiger partial charge in [-0.05, 0) is 41.7 Å². The minimum absolute atomic E-state index is 0.0130. The fourth-order valence-electron chi connectivity index (χ4n) is 1.85. The van der Waals surface area contributed by atoms with Crippen molar-refractivity contribution in [1.82, 2.24) is 0 Å². The average molecular weight is 372 g/mol. The third-order valence-corrected chi connectivity index (χ3v) is 3.98. The molecule has 0 aliphatic heterocycles. The molecular weight excluding hydrogens is 359 g/mol. The minimum atomic E-state index is -6.79. The van der Waals surface area contributed by atoms with Crippen LogP contribution in [0, 0.1) is 0 Å². The van der Waals surface area contributed by atoms with E-state index in [0.717, 1.165) is 5.56 Å². The number of hydrogen-bond acceptors (Lipinski definition) is 1. The molecule has 0 fully saturated rings. The molecule has 0 radical (unpaired) electrons. The lowest BCUT2D eigenvalue weighted by molar-refractivity contribution is -0.396. The van der Waals surface area contributed by atoms with Gasteiger partial charge >= 0.3 is 23.9 Å². The third-order valence-electron chi connectivity index (χ3n) is 3.25. The molecule has 0 atom stereocenters. The van der Waals surface area contributed by atoms with Gasteiger partial charge in [0.15, 0.2) is 0 Å². The molecule has 0 aromatic carbocycles. The van der Waals surface area contributed by atoms with Crippen LogP contribution in [0.2, 0.25) is 0 Å². The fourth-order valence-corrected chi connectivity index (χ4v) is 2.56. The summed E-state index contributed by atoms with van der Waals surface area (Å²) in [7, 11) is 0. The molecule has 1 aromatic rings. The van der Waals surface area contributed by atoms with Crippen molar-refractivity contribution < 1.29 is 39.5 Å². The van der Waals surface area contributed by atoms with Gasteiger partial charge in [-0.25, -0.2) is 0 Å². The van der Waals surface area contributed by atoms with E-state index in [2.05, 4.69) is 0 Å². The Morgan fingerprint density at radius 2 is 1.39 bits per heavy atom. The van der Waals surface area contributed by atoms with Crippen LogP contribution in [0.15, 0.2) is 16.8 Å². The van der Waals surface area contributed by atoms with Gasteiger partial charge in [0, 0.05) is 6.42 Å². The molecule has 0 amide bonds. The number of thiophene rings is 1. The summed E-state index contributed by atoms with van der Waals surface area (Å²) in [6.45, 7) is 0. The summed E-state index contributed by atoms with van der Waals surface area (Å²) < 4.78 is 113. The van der Waals surface area contributed by atoms with Crippen molar-refractivity contribution in [2.45, 2.75) is 56.0 Å². The van der Waals surface area contributed by atoms with Crippen molar-refractivity contribution in [3.05, 3.63) is 22.4 Å². The van der Waals surface area contributed by atoms with Crippen molar-refractivity contribution in [1.29, 1.82) is 0 Å². The highest BCUT2D eigenvalue weighted by atomic mass is 32.1.